The molecule has 1 aromatic carbocycles. The number of aromatic amines is 1. The highest BCUT2D eigenvalue weighted by molar-refractivity contribution is 7.92. The molecule has 0 saturated heterocycles. The van der Waals surface area contributed by atoms with Crippen molar-refractivity contribution in [2.45, 2.75) is 31.7 Å². The van der Waals surface area contributed by atoms with Crippen LogP contribution in [0, 0.1) is 5.82 Å². The fraction of sp³-hybridized carbons (Fsp3) is 0.364. The quantitative estimate of drug-likeness (QED) is 0.298. The molecule has 1 saturated carbocycles. The van der Waals surface area contributed by atoms with Crippen LogP contribution in [-0.2, 0) is 14.8 Å². The molecular formula is C22H26Cl2FN7O4S. The molecule has 0 bridgehead atoms. The zero-order chi connectivity index (χ0) is 26.0. The number of sulfonamides is 1. The van der Waals surface area contributed by atoms with E-state index >= 15 is 4.39 Å². The van der Waals surface area contributed by atoms with Gasteiger partial charge in [-0.1, -0.05) is 11.6 Å². The van der Waals surface area contributed by atoms with Gasteiger partial charge in [-0.05, 0) is 38.0 Å². The number of methoxy groups -OCH3 is 1. The van der Waals surface area contributed by atoms with Gasteiger partial charge in [0.2, 0.25) is 16.0 Å². The Morgan fingerprint density at radius 1 is 1.32 bits per heavy atom. The zero-order valence-corrected chi connectivity index (χ0v) is 22.5. The number of carbonyl (C=O) groups excluding carboxylic acids is 1. The Kier molecular flexibility index (Phi) is 8.82. The molecule has 3 aromatic rings. The van der Waals surface area contributed by atoms with Gasteiger partial charge >= 0.3 is 6.09 Å². The maximum absolute atomic E-state index is 15.5. The van der Waals surface area contributed by atoms with Crippen molar-refractivity contribution in [3.63, 3.8) is 0 Å². The first-order chi connectivity index (χ1) is 17.0. The van der Waals surface area contributed by atoms with Crippen LogP contribution in [0.4, 0.5) is 20.8 Å². The second-order valence-corrected chi connectivity index (χ2v) is 10.7. The average Bonchev–Trinajstić information content (AvgIpc) is 3.57. The fourth-order valence-electron chi connectivity index (χ4n) is 3.50. The summed E-state index contributed by atoms with van der Waals surface area (Å²) in [5.74, 6) is 0.375. The Labute approximate surface area is 224 Å². The third-order valence-electron chi connectivity index (χ3n) is 5.30. The van der Waals surface area contributed by atoms with Crippen molar-refractivity contribution < 1.29 is 22.3 Å². The molecule has 11 nitrogen and oxygen atoms in total. The number of alkyl carbamates (subject to hydrolysis) is 1. The van der Waals surface area contributed by atoms with E-state index in [0.29, 0.717) is 23.8 Å². The third-order valence-corrected chi connectivity index (χ3v) is 6.11. The van der Waals surface area contributed by atoms with Gasteiger partial charge in [-0.15, -0.1) is 12.4 Å². The van der Waals surface area contributed by atoms with E-state index in [1.807, 2.05) is 0 Å². The monoisotopic (exact) mass is 573 g/mol. The van der Waals surface area contributed by atoms with Crippen LogP contribution in [0.2, 0.25) is 5.02 Å². The lowest BCUT2D eigenvalue weighted by atomic mass is 10.1. The Morgan fingerprint density at radius 3 is 2.70 bits per heavy atom. The molecule has 0 spiro atoms. The molecule has 0 radical (unpaired) electrons. The van der Waals surface area contributed by atoms with Crippen LogP contribution in [0.15, 0.2) is 24.4 Å². The van der Waals surface area contributed by atoms with Gasteiger partial charge in [-0.2, -0.15) is 0 Å². The van der Waals surface area contributed by atoms with E-state index in [0.717, 1.165) is 19.1 Å². The van der Waals surface area contributed by atoms with Crippen LogP contribution in [0.1, 0.15) is 31.5 Å². The second kappa shape index (κ2) is 11.5. The highest BCUT2D eigenvalue weighted by Gasteiger charge is 2.30. The molecule has 1 atom stereocenters. The number of aromatic nitrogens is 4. The molecule has 1 fully saturated rings. The molecule has 15 heteroatoms. The van der Waals surface area contributed by atoms with Gasteiger partial charge in [-0.3, -0.25) is 4.72 Å². The topological polar surface area (TPSA) is 151 Å². The number of amides is 1. The average molecular weight is 574 g/mol. The fourth-order valence-corrected chi connectivity index (χ4v) is 4.26. The number of ether oxygens (including phenoxy) is 1. The van der Waals surface area contributed by atoms with Crippen LogP contribution >= 0.6 is 24.0 Å². The summed E-state index contributed by atoms with van der Waals surface area (Å²) in [4.78, 5) is 28.0. The van der Waals surface area contributed by atoms with Gasteiger partial charge in [-0.25, -0.2) is 32.6 Å². The van der Waals surface area contributed by atoms with Crippen molar-refractivity contribution in [3.05, 3.63) is 41.1 Å². The van der Waals surface area contributed by atoms with E-state index in [1.165, 1.54) is 25.4 Å². The van der Waals surface area contributed by atoms with Crippen LogP contribution < -0.4 is 15.4 Å². The molecule has 0 aliphatic heterocycles. The summed E-state index contributed by atoms with van der Waals surface area (Å²) in [6, 6.07) is 3.97. The Balaban J connectivity index is 0.00000380. The molecule has 2 heterocycles. The van der Waals surface area contributed by atoms with E-state index in [4.69, 9.17) is 11.6 Å². The van der Waals surface area contributed by atoms with Crippen molar-refractivity contribution in [2.75, 3.05) is 29.9 Å². The van der Waals surface area contributed by atoms with Crippen molar-refractivity contribution >= 4 is 51.8 Å². The number of hydrogen-bond acceptors (Lipinski definition) is 8. The molecule has 1 amide bonds. The van der Waals surface area contributed by atoms with Crippen molar-refractivity contribution in [1.29, 1.82) is 0 Å². The van der Waals surface area contributed by atoms with Crippen LogP contribution in [0.3, 0.4) is 0 Å². The minimum absolute atomic E-state index is 0. The lowest BCUT2D eigenvalue weighted by Gasteiger charge is -2.14. The summed E-state index contributed by atoms with van der Waals surface area (Å²) in [6.45, 7) is 2.11. The molecule has 4 rings (SSSR count). The molecule has 37 heavy (non-hydrogen) atoms. The number of nitrogens with one attached hydrogen (secondary N) is 4. The van der Waals surface area contributed by atoms with Crippen molar-refractivity contribution in [2.24, 2.45) is 0 Å². The summed E-state index contributed by atoms with van der Waals surface area (Å²) in [6.07, 6.45) is 3.81. The maximum Gasteiger partial charge on any atom is 0.407 e. The van der Waals surface area contributed by atoms with Gasteiger partial charge < -0.3 is 20.4 Å². The molecular weight excluding hydrogens is 548 g/mol. The van der Waals surface area contributed by atoms with Crippen molar-refractivity contribution in [1.82, 2.24) is 25.3 Å². The van der Waals surface area contributed by atoms with E-state index in [1.54, 1.807) is 13.0 Å². The van der Waals surface area contributed by atoms with Gasteiger partial charge in [0.1, 0.15) is 11.5 Å². The van der Waals surface area contributed by atoms with E-state index in [2.05, 4.69) is 40.0 Å². The number of rotatable bonds is 9. The molecule has 0 unspecified atom stereocenters. The molecule has 2 aromatic heterocycles. The summed E-state index contributed by atoms with van der Waals surface area (Å²) < 4.78 is 45.7. The summed E-state index contributed by atoms with van der Waals surface area (Å²) in [5, 5.41) is 5.81. The number of hydrogen-bond donors (Lipinski definition) is 4. The first-order valence-corrected chi connectivity index (χ1v) is 13.3. The van der Waals surface area contributed by atoms with Gasteiger partial charge in [0.05, 0.1) is 30.4 Å². The number of imidazole rings is 1. The van der Waals surface area contributed by atoms with Gasteiger partial charge in [0, 0.05) is 35.3 Å². The number of halogens is 3. The second-order valence-electron chi connectivity index (χ2n) is 8.49. The van der Waals surface area contributed by atoms with Crippen LogP contribution in [-0.4, -0.2) is 60.4 Å². The van der Waals surface area contributed by atoms with E-state index < -0.39 is 21.9 Å². The summed E-state index contributed by atoms with van der Waals surface area (Å²) in [7, 11) is -2.46. The third kappa shape index (κ3) is 7.21. The predicted octanol–water partition coefficient (Wildman–Crippen LogP) is 4.15. The number of benzene rings is 1. The Morgan fingerprint density at radius 2 is 2.05 bits per heavy atom. The predicted molar refractivity (Wildman–Crippen MR) is 141 cm³/mol. The normalized spacial score (nSPS) is 13.9. The Bertz CT molecular complexity index is 1400. The molecule has 200 valence electrons. The van der Waals surface area contributed by atoms with E-state index in [9.17, 15) is 13.2 Å². The van der Waals surface area contributed by atoms with Crippen molar-refractivity contribution in [3.8, 4) is 22.6 Å². The smallest absolute Gasteiger partial charge is 0.407 e. The minimum Gasteiger partial charge on any atom is -0.453 e. The summed E-state index contributed by atoms with van der Waals surface area (Å²) >= 11 is 6.21. The number of nitrogens with zero attached hydrogens (tertiary/aromatic N) is 3. The first-order valence-electron chi connectivity index (χ1n) is 11.0. The minimum atomic E-state index is -3.74. The number of H-pyrrole nitrogens is 1. The van der Waals surface area contributed by atoms with Gasteiger partial charge in [0.25, 0.3) is 0 Å². The lowest BCUT2D eigenvalue weighted by molar-refractivity contribution is 0.168. The summed E-state index contributed by atoms with van der Waals surface area (Å²) in [5.41, 5.74) is 0.871. The van der Waals surface area contributed by atoms with Crippen LogP contribution in [0.25, 0.3) is 22.6 Å². The molecule has 4 N–H and O–H groups in total. The number of anilines is 2. The van der Waals surface area contributed by atoms with E-state index in [-0.39, 0.29) is 52.3 Å². The Hall–Kier alpha value is -3.16. The lowest BCUT2D eigenvalue weighted by Crippen LogP contribution is -2.37. The highest BCUT2D eigenvalue weighted by atomic mass is 35.5. The SMILES string of the molecule is COC(=O)N[C@@H](C)CNc1nccc(-c2[nH]c(C3CC3)nc2-c2cc(Cl)cc(NS(C)(=O)=O)c2F)n1.Cl. The zero-order valence-electron chi connectivity index (χ0n) is 20.1. The maximum atomic E-state index is 15.5. The number of carbonyl (C=O) groups is 1. The standard InChI is InChI=1S/C22H25ClFN7O4S.ClH/c1-11(27-22(32)35-2)10-26-21-25-7-6-15(28-21)19-18(29-20(30-19)12-4-5-12)14-8-13(23)9-16(17(14)24)31-36(3,33)34;/h6-9,11-12,31H,4-5,10H2,1-3H3,(H,27,32)(H,29,30)(H,25,26,28);1H/t11-;/m0./s1. The largest absolute Gasteiger partial charge is 0.453 e. The molecule has 1 aliphatic carbocycles. The highest BCUT2D eigenvalue weighted by Crippen LogP contribution is 2.43. The first kappa shape index (κ1) is 28.4. The molecule has 1 aliphatic rings. The van der Waals surface area contributed by atoms with Crippen LogP contribution in [0.5, 0.6) is 0 Å². The van der Waals surface area contributed by atoms with Gasteiger partial charge in [0.15, 0.2) is 5.82 Å².